The highest BCUT2D eigenvalue weighted by atomic mass is 19.1. The molecule has 0 fully saturated rings. The Bertz CT molecular complexity index is 1020. The molecular weight excluding hydrogens is 376 g/mol. The molecule has 6 heteroatoms. The van der Waals surface area contributed by atoms with Gasteiger partial charge < -0.3 is 10.1 Å². The van der Waals surface area contributed by atoms with E-state index in [1.165, 1.54) is 48.5 Å². The second-order valence-corrected chi connectivity index (χ2v) is 6.11. The van der Waals surface area contributed by atoms with E-state index in [1.807, 2.05) is 0 Å². The largest absolute Gasteiger partial charge is 0.444 e. The highest BCUT2D eigenvalue weighted by Crippen LogP contribution is 2.21. The van der Waals surface area contributed by atoms with Crippen molar-refractivity contribution < 1.29 is 23.1 Å². The second kappa shape index (κ2) is 9.41. The Morgan fingerprint density at radius 1 is 0.862 bits per heavy atom. The molecule has 29 heavy (non-hydrogen) atoms. The number of ether oxygens (including phenoxy) is 1. The molecule has 0 bridgehead atoms. The van der Waals surface area contributed by atoms with Crippen LogP contribution in [0.3, 0.4) is 0 Å². The second-order valence-electron chi connectivity index (χ2n) is 6.11. The zero-order chi connectivity index (χ0) is 20.6. The van der Waals surface area contributed by atoms with Crippen LogP contribution in [-0.2, 0) is 14.3 Å². The Morgan fingerprint density at radius 3 is 2.28 bits per heavy atom. The van der Waals surface area contributed by atoms with E-state index < -0.39 is 29.6 Å². The minimum atomic E-state index is -1.22. The highest BCUT2D eigenvalue weighted by Gasteiger charge is 2.24. The van der Waals surface area contributed by atoms with Crippen molar-refractivity contribution in [3.8, 4) is 0 Å². The molecule has 0 unspecified atom stereocenters. The molecule has 1 amide bonds. The van der Waals surface area contributed by atoms with Gasteiger partial charge in [0, 0.05) is 17.3 Å². The van der Waals surface area contributed by atoms with Crippen molar-refractivity contribution >= 4 is 23.6 Å². The number of anilines is 1. The summed E-state index contributed by atoms with van der Waals surface area (Å²) in [6.07, 6.45) is 1.30. The number of hydrogen-bond donors (Lipinski definition) is 1. The average Bonchev–Trinajstić information content (AvgIpc) is 2.73. The number of esters is 1. The fourth-order valence-corrected chi connectivity index (χ4v) is 2.57. The summed E-state index contributed by atoms with van der Waals surface area (Å²) in [4.78, 5) is 25.0. The zero-order valence-corrected chi connectivity index (χ0v) is 15.2. The summed E-state index contributed by atoms with van der Waals surface area (Å²) in [6, 6.07) is 19.4. The number of carbonyl (C=O) groups is 2. The molecule has 0 aromatic heterocycles. The number of hydrogen-bond acceptors (Lipinski definition) is 3. The quantitative estimate of drug-likeness (QED) is 0.479. The average molecular weight is 393 g/mol. The van der Waals surface area contributed by atoms with Crippen LogP contribution in [0.15, 0.2) is 84.9 Å². The Hall–Kier alpha value is -3.80. The molecule has 4 nitrogen and oxygen atoms in total. The molecule has 1 N–H and O–H groups in total. The Kier molecular flexibility index (Phi) is 6.47. The fraction of sp³-hybridized carbons (Fsp3) is 0.0435. The van der Waals surface area contributed by atoms with Gasteiger partial charge in [0.2, 0.25) is 6.10 Å². The highest BCUT2D eigenvalue weighted by molar-refractivity contribution is 5.97. The van der Waals surface area contributed by atoms with Crippen molar-refractivity contribution in [2.24, 2.45) is 0 Å². The van der Waals surface area contributed by atoms with Crippen molar-refractivity contribution in [3.05, 3.63) is 108 Å². The third kappa shape index (κ3) is 5.84. The van der Waals surface area contributed by atoms with Crippen LogP contribution in [0.2, 0.25) is 0 Å². The summed E-state index contributed by atoms with van der Waals surface area (Å²) in [7, 11) is 0. The number of halogens is 2. The van der Waals surface area contributed by atoms with Gasteiger partial charge in [-0.25, -0.2) is 13.6 Å². The molecule has 146 valence electrons. The van der Waals surface area contributed by atoms with Gasteiger partial charge in [-0.2, -0.15) is 0 Å². The summed E-state index contributed by atoms with van der Waals surface area (Å²) in [6.45, 7) is 0. The first-order valence-electron chi connectivity index (χ1n) is 8.77. The van der Waals surface area contributed by atoms with Gasteiger partial charge >= 0.3 is 5.97 Å². The van der Waals surface area contributed by atoms with Crippen molar-refractivity contribution in [2.45, 2.75) is 6.10 Å². The van der Waals surface area contributed by atoms with Crippen LogP contribution in [0, 0.1) is 11.6 Å². The smallest absolute Gasteiger partial charge is 0.331 e. The van der Waals surface area contributed by atoms with Crippen molar-refractivity contribution in [2.75, 3.05) is 5.32 Å². The van der Waals surface area contributed by atoms with Gasteiger partial charge in [-0.05, 0) is 48.0 Å². The van der Waals surface area contributed by atoms with E-state index in [1.54, 1.807) is 36.4 Å². The van der Waals surface area contributed by atoms with Gasteiger partial charge in [0.05, 0.1) is 0 Å². The molecule has 3 rings (SSSR count). The molecule has 0 radical (unpaired) electrons. The van der Waals surface area contributed by atoms with Crippen LogP contribution in [0.25, 0.3) is 6.08 Å². The number of rotatable bonds is 6. The number of carbonyl (C=O) groups excluding carboxylic acids is 2. The third-order valence-electron chi connectivity index (χ3n) is 3.95. The minimum Gasteiger partial charge on any atom is -0.444 e. The number of nitrogens with one attached hydrogen (secondary N) is 1. The number of benzene rings is 3. The summed E-state index contributed by atoms with van der Waals surface area (Å²) in [5.41, 5.74) is 1.32. The zero-order valence-electron chi connectivity index (χ0n) is 15.2. The lowest BCUT2D eigenvalue weighted by Crippen LogP contribution is -2.25. The van der Waals surface area contributed by atoms with Gasteiger partial charge in [-0.15, -0.1) is 0 Å². The Labute approximate surface area is 166 Å². The maximum absolute atomic E-state index is 13.2. The lowest BCUT2D eigenvalue weighted by Gasteiger charge is -2.17. The van der Waals surface area contributed by atoms with E-state index in [0.29, 0.717) is 16.8 Å². The lowest BCUT2D eigenvalue weighted by molar-refractivity contribution is -0.149. The molecule has 0 heterocycles. The lowest BCUT2D eigenvalue weighted by atomic mass is 10.1. The van der Waals surface area contributed by atoms with Crippen LogP contribution < -0.4 is 5.32 Å². The van der Waals surface area contributed by atoms with E-state index in [-0.39, 0.29) is 0 Å². The normalized spacial score (nSPS) is 11.8. The SMILES string of the molecule is O=C(/C=C/c1cccc(F)c1)O[C@H](C(=O)Nc1ccc(F)cc1)c1ccccc1. The van der Waals surface area contributed by atoms with Gasteiger partial charge in [-0.3, -0.25) is 4.79 Å². The molecule has 0 aliphatic rings. The predicted molar refractivity (Wildman–Crippen MR) is 106 cm³/mol. The molecule has 3 aromatic carbocycles. The van der Waals surface area contributed by atoms with Crippen LogP contribution in [0.5, 0.6) is 0 Å². The first-order chi connectivity index (χ1) is 14.0. The summed E-state index contributed by atoms with van der Waals surface area (Å²) in [5, 5.41) is 2.60. The van der Waals surface area contributed by atoms with Crippen LogP contribution in [-0.4, -0.2) is 11.9 Å². The van der Waals surface area contributed by atoms with Crippen LogP contribution in [0.1, 0.15) is 17.2 Å². The van der Waals surface area contributed by atoms with E-state index in [2.05, 4.69) is 5.32 Å². The van der Waals surface area contributed by atoms with E-state index in [9.17, 15) is 18.4 Å². The molecule has 3 aromatic rings. The van der Waals surface area contributed by atoms with Crippen LogP contribution in [0.4, 0.5) is 14.5 Å². The predicted octanol–water partition coefficient (Wildman–Crippen LogP) is 4.90. The Balaban J connectivity index is 1.75. The maximum atomic E-state index is 13.2. The van der Waals surface area contributed by atoms with Gasteiger partial charge in [0.1, 0.15) is 11.6 Å². The van der Waals surface area contributed by atoms with Crippen molar-refractivity contribution in [1.29, 1.82) is 0 Å². The van der Waals surface area contributed by atoms with Gasteiger partial charge in [0.25, 0.3) is 5.91 Å². The molecule has 0 aliphatic heterocycles. The van der Waals surface area contributed by atoms with Gasteiger partial charge in [-0.1, -0.05) is 42.5 Å². The number of amides is 1. The first-order valence-corrected chi connectivity index (χ1v) is 8.77. The molecule has 0 spiro atoms. The van der Waals surface area contributed by atoms with Crippen molar-refractivity contribution in [3.63, 3.8) is 0 Å². The monoisotopic (exact) mass is 393 g/mol. The molecule has 1 atom stereocenters. The molecule has 0 aliphatic carbocycles. The summed E-state index contributed by atoms with van der Waals surface area (Å²) in [5.74, 6) is -2.22. The molecule has 0 saturated carbocycles. The van der Waals surface area contributed by atoms with Crippen molar-refractivity contribution in [1.82, 2.24) is 0 Å². The molecular formula is C23H17F2NO3. The first kappa shape index (κ1) is 19.9. The van der Waals surface area contributed by atoms with Crippen LogP contribution >= 0.6 is 0 Å². The minimum absolute atomic E-state index is 0.365. The van der Waals surface area contributed by atoms with E-state index in [4.69, 9.17) is 4.74 Å². The standard InChI is InChI=1S/C23H17F2NO3/c24-18-10-12-20(13-11-18)26-23(28)22(17-6-2-1-3-7-17)29-21(27)14-9-16-5-4-8-19(25)15-16/h1-15,22H,(H,26,28)/b14-9+/t22-/m0/s1. The Morgan fingerprint density at radius 2 is 1.59 bits per heavy atom. The van der Waals surface area contributed by atoms with Gasteiger partial charge in [0.15, 0.2) is 0 Å². The summed E-state index contributed by atoms with van der Waals surface area (Å²) < 4.78 is 31.6. The van der Waals surface area contributed by atoms with E-state index in [0.717, 1.165) is 6.08 Å². The summed E-state index contributed by atoms with van der Waals surface area (Å²) >= 11 is 0. The fourth-order valence-electron chi connectivity index (χ4n) is 2.57. The topological polar surface area (TPSA) is 55.4 Å². The molecule has 0 saturated heterocycles. The maximum Gasteiger partial charge on any atom is 0.331 e. The van der Waals surface area contributed by atoms with E-state index >= 15 is 0 Å². The third-order valence-corrected chi connectivity index (χ3v) is 3.95.